The van der Waals surface area contributed by atoms with E-state index in [4.69, 9.17) is 5.73 Å². The lowest BCUT2D eigenvalue weighted by Crippen LogP contribution is -2.36. The molecule has 1 aromatic heterocycles. The van der Waals surface area contributed by atoms with Crippen LogP contribution < -0.4 is 5.73 Å². The van der Waals surface area contributed by atoms with E-state index in [1.54, 1.807) is 6.07 Å². The van der Waals surface area contributed by atoms with Crippen LogP contribution in [0.1, 0.15) is 36.9 Å². The van der Waals surface area contributed by atoms with Crippen molar-refractivity contribution in [3.63, 3.8) is 0 Å². The fraction of sp³-hybridized carbons (Fsp3) is 0.500. The minimum Gasteiger partial charge on any atom is -0.397 e. The van der Waals surface area contributed by atoms with Crippen LogP contribution in [0.15, 0.2) is 23.1 Å². The number of amides is 1. The molecule has 0 unspecified atom stereocenters. The second-order valence-electron chi connectivity index (χ2n) is 5.69. The highest BCUT2D eigenvalue weighted by molar-refractivity contribution is 7.12. The Balaban J connectivity index is 2.09. The van der Waals surface area contributed by atoms with Crippen molar-refractivity contribution in [3.8, 4) is 0 Å². The molecule has 98 valence electrons. The highest BCUT2D eigenvalue weighted by Crippen LogP contribution is 2.31. The maximum absolute atomic E-state index is 12.3. The summed E-state index contributed by atoms with van der Waals surface area (Å²) in [6, 6.07) is 1.79. The van der Waals surface area contributed by atoms with Gasteiger partial charge in [0.25, 0.3) is 5.91 Å². The lowest BCUT2D eigenvalue weighted by molar-refractivity contribution is 0.0770. The predicted molar refractivity (Wildman–Crippen MR) is 76.8 cm³/mol. The lowest BCUT2D eigenvalue weighted by Gasteiger charge is -2.32. The maximum Gasteiger partial charge on any atom is 0.266 e. The molecule has 2 N–H and O–H groups in total. The Morgan fingerprint density at radius 2 is 2.17 bits per heavy atom. The molecule has 0 saturated heterocycles. The number of thiophene rings is 1. The van der Waals surface area contributed by atoms with E-state index in [1.807, 2.05) is 10.3 Å². The van der Waals surface area contributed by atoms with Crippen LogP contribution in [0.2, 0.25) is 0 Å². The van der Waals surface area contributed by atoms with E-state index >= 15 is 0 Å². The topological polar surface area (TPSA) is 46.3 Å². The molecule has 1 aromatic rings. The van der Waals surface area contributed by atoms with Gasteiger partial charge < -0.3 is 10.6 Å². The van der Waals surface area contributed by atoms with Crippen molar-refractivity contribution in [1.29, 1.82) is 0 Å². The summed E-state index contributed by atoms with van der Waals surface area (Å²) in [5.74, 6) is 0.0618. The average molecular weight is 264 g/mol. The van der Waals surface area contributed by atoms with Crippen molar-refractivity contribution in [2.75, 3.05) is 18.8 Å². The van der Waals surface area contributed by atoms with Crippen molar-refractivity contribution in [3.05, 3.63) is 28.0 Å². The van der Waals surface area contributed by atoms with Gasteiger partial charge in [0.2, 0.25) is 0 Å². The normalized spacial score (nSPS) is 16.6. The third kappa shape index (κ3) is 2.58. The summed E-state index contributed by atoms with van der Waals surface area (Å²) in [4.78, 5) is 14.8. The second kappa shape index (κ2) is 4.76. The van der Waals surface area contributed by atoms with Crippen LogP contribution in [-0.4, -0.2) is 23.9 Å². The molecule has 0 fully saturated rings. The Labute approximate surface area is 112 Å². The molecular weight excluding hydrogens is 244 g/mol. The largest absolute Gasteiger partial charge is 0.397 e. The van der Waals surface area contributed by atoms with Gasteiger partial charge in [0.1, 0.15) is 4.88 Å². The number of rotatable bonds is 1. The van der Waals surface area contributed by atoms with Gasteiger partial charge in [0.15, 0.2) is 0 Å². The average Bonchev–Trinajstić information content (AvgIpc) is 2.73. The molecule has 4 heteroatoms. The van der Waals surface area contributed by atoms with Crippen molar-refractivity contribution in [2.24, 2.45) is 5.41 Å². The molecule has 0 atom stereocenters. The summed E-state index contributed by atoms with van der Waals surface area (Å²) in [6.07, 6.45) is 3.14. The zero-order valence-corrected chi connectivity index (χ0v) is 12.0. The molecule has 2 rings (SSSR count). The van der Waals surface area contributed by atoms with Gasteiger partial charge in [0.05, 0.1) is 5.69 Å². The first kappa shape index (κ1) is 13.1. The van der Waals surface area contributed by atoms with Gasteiger partial charge in [-0.1, -0.05) is 32.4 Å². The first-order valence-corrected chi connectivity index (χ1v) is 7.09. The van der Waals surface area contributed by atoms with Gasteiger partial charge in [-0.15, -0.1) is 11.3 Å². The number of hydrogen-bond acceptors (Lipinski definition) is 3. The van der Waals surface area contributed by atoms with Gasteiger partial charge in [-0.3, -0.25) is 4.79 Å². The number of nitrogens with two attached hydrogens (primary N) is 1. The monoisotopic (exact) mass is 264 g/mol. The quantitative estimate of drug-likeness (QED) is 0.792. The minimum absolute atomic E-state index is 0.0618. The standard InChI is InChI=1S/C14H20N2OS/c1-14(2,3)10-4-7-16(8-5-10)13(17)12-11(15)6-9-18-12/h4,6,9H,5,7-8,15H2,1-3H3. The van der Waals surface area contributed by atoms with E-state index in [1.165, 1.54) is 16.9 Å². The maximum atomic E-state index is 12.3. The van der Waals surface area contributed by atoms with Gasteiger partial charge in [0, 0.05) is 13.1 Å². The molecule has 1 aliphatic heterocycles. The van der Waals surface area contributed by atoms with Gasteiger partial charge >= 0.3 is 0 Å². The third-order valence-corrected chi connectivity index (χ3v) is 4.27. The fourth-order valence-corrected chi connectivity index (χ4v) is 2.96. The van der Waals surface area contributed by atoms with Crippen LogP contribution in [0.5, 0.6) is 0 Å². The van der Waals surface area contributed by atoms with Gasteiger partial charge in [-0.25, -0.2) is 0 Å². The summed E-state index contributed by atoms with van der Waals surface area (Å²) in [6.45, 7) is 8.14. The molecule has 0 aliphatic carbocycles. The Bertz CT molecular complexity index is 482. The Morgan fingerprint density at radius 3 is 2.61 bits per heavy atom. The van der Waals surface area contributed by atoms with Crippen LogP contribution >= 0.6 is 11.3 Å². The number of nitrogen functional groups attached to an aromatic ring is 1. The molecule has 0 aromatic carbocycles. The zero-order chi connectivity index (χ0) is 13.3. The number of anilines is 1. The summed E-state index contributed by atoms with van der Waals surface area (Å²) >= 11 is 1.42. The molecule has 3 nitrogen and oxygen atoms in total. The number of carbonyl (C=O) groups is 1. The highest BCUT2D eigenvalue weighted by atomic mass is 32.1. The molecule has 0 bridgehead atoms. The minimum atomic E-state index is 0.0618. The van der Waals surface area contributed by atoms with Gasteiger partial charge in [-0.05, 0) is 23.3 Å². The molecule has 1 aliphatic rings. The van der Waals surface area contributed by atoms with Gasteiger partial charge in [-0.2, -0.15) is 0 Å². The SMILES string of the molecule is CC(C)(C)C1=CCN(C(=O)c2sccc2N)CC1. The summed E-state index contributed by atoms with van der Waals surface area (Å²) < 4.78 is 0. The molecule has 0 radical (unpaired) electrons. The number of carbonyl (C=O) groups excluding carboxylic acids is 1. The number of hydrogen-bond donors (Lipinski definition) is 1. The van der Waals surface area contributed by atoms with Crippen molar-refractivity contribution >= 4 is 22.9 Å². The van der Waals surface area contributed by atoms with Crippen LogP contribution in [0.25, 0.3) is 0 Å². The van der Waals surface area contributed by atoms with E-state index in [9.17, 15) is 4.79 Å². The van der Waals surface area contributed by atoms with Crippen LogP contribution in [0.3, 0.4) is 0 Å². The molecule has 2 heterocycles. The van der Waals surface area contributed by atoms with E-state index in [-0.39, 0.29) is 11.3 Å². The van der Waals surface area contributed by atoms with Crippen molar-refractivity contribution in [2.45, 2.75) is 27.2 Å². The Kier molecular flexibility index (Phi) is 3.48. The Hall–Kier alpha value is -1.29. The van der Waals surface area contributed by atoms with Crippen LogP contribution in [-0.2, 0) is 0 Å². The van der Waals surface area contributed by atoms with E-state index < -0.39 is 0 Å². The molecule has 0 saturated carbocycles. The Morgan fingerprint density at radius 1 is 1.44 bits per heavy atom. The summed E-state index contributed by atoms with van der Waals surface area (Å²) in [7, 11) is 0. The first-order chi connectivity index (χ1) is 8.39. The molecule has 0 spiro atoms. The zero-order valence-electron chi connectivity index (χ0n) is 11.2. The predicted octanol–water partition coefficient (Wildman–Crippen LogP) is 3.15. The lowest BCUT2D eigenvalue weighted by atomic mass is 9.83. The van der Waals surface area contributed by atoms with Crippen LogP contribution in [0, 0.1) is 5.41 Å². The smallest absolute Gasteiger partial charge is 0.266 e. The van der Waals surface area contributed by atoms with Crippen LogP contribution in [0.4, 0.5) is 5.69 Å². The third-order valence-electron chi connectivity index (χ3n) is 3.35. The van der Waals surface area contributed by atoms with Crippen molar-refractivity contribution in [1.82, 2.24) is 4.90 Å². The van der Waals surface area contributed by atoms with E-state index in [0.717, 1.165) is 13.0 Å². The fourth-order valence-electron chi connectivity index (χ4n) is 2.17. The molecule has 1 amide bonds. The summed E-state index contributed by atoms with van der Waals surface area (Å²) in [5, 5.41) is 1.86. The highest BCUT2D eigenvalue weighted by Gasteiger charge is 2.25. The van der Waals surface area contributed by atoms with Crippen molar-refractivity contribution < 1.29 is 4.79 Å². The van der Waals surface area contributed by atoms with E-state index in [0.29, 0.717) is 17.1 Å². The molecular formula is C14H20N2OS. The molecule has 18 heavy (non-hydrogen) atoms. The summed E-state index contributed by atoms with van der Waals surface area (Å²) in [5.41, 5.74) is 8.03. The first-order valence-electron chi connectivity index (χ1n) is 6.21. The van der Waals surface area contributed by atoms with E-state index in [2.05, 4.69) is 26.8 Å². The number of nitrogens with zero attached hydrogens (tertiary/aromatic N) is 1. The second-order valence-corrected chi connectivity index (χ2v) is 6.60.